The molecule has 31 heavy (non-hydrogen) atoms. The lowest BCUT2D eigenvalue weighted by Gasteiger charge is -2.36. The van der Waals surface area contributed by atoms with Gasteiger partial charge in [0.05, 0.1) is 26.2 Å². The van der Waals surface area contributed by atoms with Crippen LogP contribution in [0.5, 0.6) is 0 Å². The van der Waals surface area contributed by atoms with E-state index in [0.717, 1.165) is 63.5 Å². The Labute approximate surface area is 186 Å². The van der Waals surface area contributed by atoms with Gasteiger partial charge in [-0.3, -0.25) is 4.79 Å². The summed E-state index contributed by atoms with van der Waals surface area (Å²) in [6.45, 7) is 6.41. The topological polar surface area (TPSA) is 53.8 Å². The number of carbonyl (C=O) groups is 1. The van der Waals surface area contributed by atoms with E-state index in [9.17, 15) is 4.79 Å². The van der Waals surface area contributed by atoms with Crippen LogP contribution in [0.3, 0.4) is 0 Å². The van der Waals surface area contributed by atoms with Crippen LogP contribution in [0.4, 0.5) is 11.6 Å². The fourth-order valence-electron chi connectivity index (χ4n) is 4.91. The third-order valence-electron chi connectivity index (χ3n) is 6.63. The van der Waals surface area contributed by atoms with Crippen molar-refractivity contribution in [2.75, 3.05) is 42.5 Å². The van der Waals surface area contributed by atoms with Crippen molar-refractivity contribution in [3.05, 3.63) is 48.3 Å². The van der Waals surface area contributed by atoms with Crippen molar-refractivity contribution in [1.82, 2.24) is 9.97 Å². The molecule has 4 rings (SSSR count). The minimum Gasteiger partial charge on any atom is -0.330 e. The molecule has 1 aliphatic heterocycles. The first-order valence-electron chi connectivity index (χ1n) is 12.0. The number of amides is 1. The molecule has 2 heterocycles. The molecule has 1 N–H and O–H groups in total. The van der Waals surface area contributed by atoms with Gasteiger partial charge in [0.1, 0.15) is 0 Å². The van der Waals surface area contributed by atoms with Crippen molar-refractivity contribution in [1.29, 1.82) is 0 Å². The molecule has 2 aliphatic rings. The summed E-state index contributed by atoms with van der Waals surface area (Å²) in [5.41, 5.74) is 2.25. The molecule has 2 fully saturated rings. The van der Waals surface area contributed by atoms with Crippen molar-refractivity contribution < 1.29 is 9.69 Å². The van der Waals surface area contributed by atoms with Crippen LogP contribution in [-0.2, 0) is 11.2 Å². The van der Waals surface area contributed by atoms with Gasteiger partial charge in [0.2, 0.25) is 5.95 Å². The molecule has 166 valence electrons. The van der Waals surface area contributed by atoms with E-state index in [0.29, 0.717) is 12.6 Å². The van der Waals surface area contributed by atoms with E-state index in [2.05, 4.69) is 38.8 Å². The number of carbonyl (C=O) groups excluding carboxylic acids is 1. The number of nitrogens with zero attached hydrogens (tertiary/aromatic N) is 4. The predicted octanol–water partition coefficient (Wildman–Crippen LogP) is 2.50. The molecule has 0 unspecified atom stereocenters. The van der Waals surface area contributed by atoms with Gasteiger partial charge in [0.15, 0.2) is 6.54 Å². The summed E-state index contributed by atoms with van der Waals surface area (Å²) in [4.78, 5) is 28.3. The normalized spacial score (nSPS) is 18.2. The third kappa shape index (κ3) is 5.62. The molecule has 0 atom stereocenters. The average Bonchev–Trinajstić information content (AvgIpc) is 2.82. The van der Waals surface area contributed by atoms with E-state index in [1.54, 1.807) is 0 Å². The number of para-hydroxylation sites is 1. The summed E-state index contributed by atoms with van der Waals surface area (Å²) in [5.74, 6) is 1.08. The van der Waals surface area contributed by atoms with Crippen molar-refractivity contribution >= 4 is 17.5 Å². The van der Waals surface area contributed by atoms with E-state index in [-0.39, 0.29) is 5.91 Å². The summed E-state index contributed by atoms with van der Waals surface area (Å²) in [7, 11) is 0. The highest BCUT2D eigenvalue weighted by atomic mass is 16.2. The minimum absolute atomic E-state index is 0.265. The van der Waals surface area contributed by atoms with Crippen LogP contribution in [0.2, 0.25) is 0 Å². The number of anilines is 2. The van der Waals surface area contributed by atoms with Crippen LogP contribution in [-0.4, -0.2) is 54.6 Å². The first-order chi connectivity index (χ1) is 15.2. The van der Waals surface area contributed by atoms with Gasteiger partial charge in [-0.25, -0.2) is 9.97 Å². The van der Waals surface area contributed by atoms with Crippen molar-refractivity contribution in [3.63, 3.8) is 0 Å². The molecule has 0 radical (unpaired) electrons. The molecule has 1 aromatic heterocycles. The number of aromatic nitrogens is 2. The van der Waals surface area contributed by atoms with E-state index in [4.69, 9.17) is 0 Å². The highest BCUT2D eigenvalue weighted by Gasteiger charge is 2.31. The maximum atomic E-state index is 13.4. The van der Waals surface area contributed by atoms with Gasteiger partial charge >= 0.3 is 0 Å². The Kier molecular flexibility index (Phi) is 7.52. The number of nitrogens with one attached hydrogen (secondary N) is 1. The zero-order valence-corrected chi connectivity index (χ0v) is 18.8. The van der Waals surface area contributed by atoms with Crippen LogP contribution in [0.25, 0.3) is 0 Å². The largest absolute Gasteiger partial charge is 0.330 e. The maximum absolute atomic E-state index is 13.4. The minimum atomic E-state index is 0.265. The second-order valence-electron chi connectivity index (χ2n) is 8.95. The van der Waals surface area contributed by atoms with Gasteiger partial charge in [-0.1, -0.05) is 50.8 Å². The number of hydrogen-bond donors (Lipinski definition) is 1. The molecular weight excluding hydrogens is 386 g/mol. The van der Waals surface area contributed by atoms with Crippen LogP contribution in [0.15, 0.2) is 42.7 Å². The molecule has 0 spiro atoms. The van der Waals surface area contributed by atoms with Gasteiger partial charge in [-0.15, -0.1) is 0 Å². The molecular formula is C25H36N5O+. The number of hydrogen-bond acceptors (Lipinski definition) is 4. The second-order valence-corrected chi connectivity index (χ2v) is 8.95. The number of piperazine rings is 1. The smallest absolute Gasteiger partial charge is 0.282 e. The molecule has 6 heteroatoms. The molecule has 6 nitrogen and oxygen atoms in total. The zero-order chi connectivity index (χ0) is 21.5. The summed E-state index contributed by atoms with van der Waals surface area (Å²) >= 11 is 0. The Morgan fingerprint density at radius 3 is 2.39 bits per heavy atom. The highest BCUT2D eigenvalue weighted by molar-refractivity contribution is 5.94. The van der Waals surface area contributed by atoms with Crippen molar-refractivity contribution in [3.8, 4) is 0 Å². The molecule has 2 aromatic rings. The predicted molar refractivity (Wildman–Crippen MR) is 125 cm³/mol. The lowest BCUT2D eigenvalue weighted by atomic mass is 9.93. The summed E-state index contributed by atoms with van der Waals surface area (Å²) in [6, 6.07) is 10.6. The summed E-state index contributed by atoms with van der Waals surface area (Å²) in [6.07, 6.45) is 12.0. The fourth-order valence-corrected chi connectivity index (χ4v) is 4.91. The van der Waals surface area contributed by atoms with Gasteiger partial charge in [-0.2, -0.15) is 0 Å². The Bertz CT molecular complexity index is 812. The second kappa shape index (κ2) is 10.7. The van der Waals surface area contributed by atoms with Gasteiger partial charge in [-0.05, 0) is 37.0 Å². The van der Waals surface area contributed by atoms with E-state index < -0.39 is 0 Å². The number of quaternary nitrogens is 1. The Hall–Kier alpha value is -2.47. The quantitative estimate of drug-likeness (QED) is 0.745. The molecule has 1 saturated carbocycles. The first kappa shape index (κ1) is 21.8. The monoisotopic (exact) mass is 422 g/mol. The van der Waals surface area contributed by atoms with Crippen molar-refractivity contribution in [2.24, 2.45) is 0 Å². The van der Waals surface area contributed by atoms with Crippen LogP contribution in [0, 0.1) is 0 Å². The van der Waals surface area contributed by atoms with Gasteiger partial charge < -0.3 is 14.7 Å². The third-order valence-corrected chi connectivity index (χ3v) is 6.63. The van der Waals surface area contributed by atoms with E-state index >= 15 is 0 Å². The Morgan fingerprint density at radius 1 is 1.06 bits per heavy atom. The van der Waals surface area contributed by atoms with Crippen molar-refractivity contribution in [2.45, 2.75) is 57.9 Å². The van der Waals surface area contributed by atoms with Crippen LogP contribution < -0.4 is 14.7 Å². The lowest BCUT2D eigenvalue weighted by Crippen LogP contribution is -3.16. The number of benzene rings is 1. The zero-order valence-electron chi connectivity index (χ0n) is 18.8. The van der Waals surface area contributed by atoms with Crippen LogP contribution in [0.1, 0.15) is 51.0 Å². The Morgan fingerprint density at radius 2 is 1.74 bits per heavy atom. The summed E-state index contributed by atoms with van der Waals surface area (Å²) < 4.78 is 0. The van der Waals surface area contributed by atoms with E-state index in [1.807, 2.05) is 30.6 Å². The summed E-state index contributed by atoms with van der Waals surface area (Å²) in [5, 5.41) is 0. The molecule has 0 bridgehead atoms. The molecule has 1 amide bonds. The maximum Gasteiger partial charge on any atom is 0.282 e. The fraction of sp³-hybridized carbons (Fsp3) is 0.560. The van der Waals surface area contributed by atoms with E-state index in [1.165, 1.54) is 29.7 Å². The molecule has 1 aliphatic carbocycles. The average molecular weight is 423 g/mol. The molecule has 1 aromatic carbocycles. The molecule has 1 saturated heterocycles. The van der Waals surface area contributed by atoms with Gasteiger partial charge in [0, 0.05) is 24.1 Å². The number of rotatable bonds is 7. The SMILES string of the molecule is CCCc1cnc(N2CC[NH+](CC(=O)N(c3ccccc3)C3CCCCC3)CC2)nc1. The highest BCUT2D eigenvalue weighted by Crippen LogP contribution is 2.27. The lowest BCUT2D eigenvalue weighted by molar-refractivity contribution is -0.892. The first-order valence-corrected chi connectivity index (χ1v) is 12.0. The van der Waals surface area contributed by atoms with Gasteiger partial charge in [0.25, 0.3) is 5.91 Å². The standard InChI is InChI=1S/C25H35N5O/c1-2-9-21-18-26-25(27-19-21)29-16-14-28(15-17-29)20-24(31)30(22-10-5-3-6-11-22)23-12-7-4-8-13-23/h3,5-6,10-11,18-19,23H,2,4,7-9,12-17,20H2,1H3/p+1. The number of aryl methyl sites for hydroxylation is 1. The van der Waals surface area contributed by atoms with Crippen LogP contribution >= 0.6 is 0 Å². The Balaban J connectivity index is 1.35.